The van der Waals surface area contributed by atoms with Crippen molar-refractivity contribution >= 4 is 49.4 Å². The average molecular weight is 400 g/mol. The molecule has 0 heterocycles. The van der Waals surface area contributed by atoms with Crippen LogP contribution in [0.3, 0.4) is 0 Å². The largest absolute Gasteiger partial charge is 0.506 e. The first-order chi connectivity index (χ1) is 9.47. The molecule has 2 rings (SSSR count). The van der Waals surface area contributed by atoms with E-state index in [0.29, 0.717) is 14.6 Å². The molecule has 0 unspecified atom stereocenters. The van der Waals surface area contributed by atoms with E-state index >= 15 is 0 Å². The van der Waals surface area contributed by atoms with E-state index in [4.69, 9.17) is 0 Å². The number of hydrogen-bond donors (Lipinski definition) is 1. The van der Waals surface area contributed by atoms with Crippen molar-refractivity contribution in [1.29, 1.82) is 0 Å². The van der Waals surface area contributed by atoms with Crippen LogP contribution in [0.1, 0.15) is 5.56 Å². The molecule has 0 bridgehead atoms. The molecule has 102 valence electrons. The minimum Gasteiger partial charge on any atom is -0.506 e. The zero-order valence-electron chi connectivity index (χ0n) is 9.96. The number of rotatable bonds is 3. The molecule has 0 aliphatic rings. The second-order valence-corrected chi connectivity index (χ2v) is 5.57. The molecular weight excluding hydrogens is 392 g/mol. The van der Waals surface area contributed by atoms with Crippen molar-refractivity contribution < 1.29 is 10.0 Å². The lowest BCUT2D eigenvalue weighted by molar-refractivity contribution is -0.384. The molecule has 0 aliphatic heterocycles. The van der Waals surface area contributed by atoms with Gasteiger partial charge in [0.25, 0.3) is 5.69 Å². The predicted molar refractivity (Wildman–Crippen MR) is 83.9 cm³/mol. The van der Waals surface area contributed by atoms with Crippen molar-refractivity contribution in [1.82, 2.24) is 0 Å². The Kier molecular flexibility index (Phi) is 4.51. The van der Waals surface area contributed by atoms with Crippen LogP contribution in [0.2, 0.25) is 0 Å². The minimum absolute atomic E-state index is 0.0391. The molecule has 0 amide bonds. The minimum atomic E-state index is -0.449. The normalized spacial score (nSPS) is 10.9. The van der Waals surface area contributed by atoms with Crippen molar-refractivity contribution in [3.8, 4) is 5.75 Å². The number of aliphatic imine (C=N–C) groups is 1. The Bertz CT molecular complexity index is 662. The molecule has 0 aromatic heterocycles. The number of phenols is 1. The molecule has 0 radical (unpaired) electrons. The highest BCUT2D eigenvalue weighted by Gasteiger charge is 2.05. The molecule has 0 saturated heterocycles. The third-order valence-electron chi connectivity index (χ3n) is 2.47. The summed E-state index contributed by atoms with van der Waals surface area (Å²) in [6, 6.07) is 9.41. The summed E-state index contributed by atoms with van der Waals surface area (Å²) < 4.78 is 1.06. The van der Waals surface area contributed by atoms with Crippen molar-refractivity contribution in [3.05, 3.63) is 61.0 Å². The van der Waals surface area contributed by atoms with E-state index < -0.39 is 4.92 Å². The summed E-state index contributed by atoms with van der Waals surface area (Å²) in [4.78, 5) is 14.3. The molecule has 0 spiro atoms. The molecule has 0 saturated carbocycles. The van der Waals surface area contributed by atoms with Gasteiger partial charge in [0.15, 0.2) is 0 Å². The fourth-order valence-electron chi connectivity index (χ4n) is 1.46. The molecule has 0 fully saturated rings. The molecule has 20 heavy (non-hydrogen) atoms. The smallest absolute Gasteiger partial charge is 0.269 e. The summed E-state index contributed by atoms with van der Waals surface area (Å²) in [7, 11) is 0. The van der Waals surface area contributed by atoms with Gasteiger partial charge in [-0.05, 0) is 61.7 Å². The third kappa shape index (κ3) is 3.43. The molecule has 2 aromatic carbocycles. The van der Waals surface area contributed by atoms with Gasteiger partial charge in [-0.25, -0.2) is 0 Å². The lowest BCUT2D eigenvalue weighted by Crippen LogP contribution is -1.88. The van der Waals surface area contributed by atoms with E-state index in [0.717, 1.165) is 5.56 Å². The number of halogens is 2. The van der Waals surface area contributed by atoms with Crippen molar-refractivity contribution in [2.75, 3.05) is 0 Å². The van der Waals surface area contributed by atoms with Crippen LogP contribution >= 0.6 is 31.9 Å². The second kappa shape index (κ2) is 6.15. The van der Waals surface area contributed by atoms with Gasteiger partial charge in [0, 0.05) is 18.3 Å². The highest BCUT2D eigenvalue weighted by molar-refractivity contribution is 9.11. The number of nitrogens with zero attached hydrogens (tertiary/aromatic N) is 2. The van der Waals surface area contributed by atoms with Gasteiger partial charge in [-0.15, -0.1) is 0 Å². The Balaban J connectivity index is 2.23. The Labute approximate surface area is 131 Å². The van der Waals surface area contributed by atoms with E-state index in [9.17, 15) is 15.2 Å². The lowest BCUT2D eigenvalue weighted by Gasteiger charge is -2.01. The number of phenolic OH excluding ortho intramolecular Hbond substituents is 1. The predicted octanol–water partition coefficient (Wildman–Crippen LogP) is 4.58. The maximum absolute atomic E-state index is 10.5. The van der Waals surface area contributed by atoms with Crippen LogP contribution in [0.15, 0.2) is 50.3 Å². The van der Waals surface area contributed by atoms with Crippen molar-refractivity contribution in [2.45, 2.75) is 0 Å². The number of aromatic hydroxyl groups is 1. The van der Waals surface area contributed by atoms with Crippen LogP contribution in [-0.2, 0) is 0 Å². The highest BCUT2D eigenvalue weighted by atomic mass is 79.9. The molecule has 0 aliphatic carbocycles. The van der Waals surface area contributed by atoms with Crippen LogP contribution in [0.5, 0.6) is 5.75 Å². The van der Waals surface area contributed by atoms with Crippen molar-refractivity contribution in [3.63, 3.8) is 0 Å². The van der Waals surface area contributed by atoms with Crippen LogP contribution < -0.4 is 0 Å². The summed E-state index contributed by atoms with van der Waals surface area (Å²) in [5.74, 6) is 0.110. The van der Waals surface area contributed by atoms with Crippen molar-refractivity contribution in [2.24, 2.45) is 4.99 Å². The van der Waals surface area contributed by atoms with E-state index in [1.807, 2.05) is 0 Å². The highest BCUT2D eigenvalue weighted by Crippen LogP contribution is 2.36. The summed E-state index contributed by atoms with van der Waals surface area (Å²) in [5, 5.41) is 20.1. The quantitative estimate of drug-likeness (QED) is 0.466. The number of nitro groups is 1. The van der Waals surface area contributed by atoms with Crippen LogP contribution in [0.25, 0.3) is 0 Å². The molecule has 5 nitrogen and oxygen atoms in total. The number of non-ortho nitro benzene ring substituents is 1. The van der Waals surface area contributed by atoms with E-state index in [1.165, 1.54) is 12.1 Å². The number of benzene rings is 2. The Morgan fingerprint density at radius 3 is 2.20 bits per heavy atom. The maximum Gasteiger partial charge on any atom is 0.269 e. The number of hydrogen-bond acceptors (Lipinski definition) is 4. The standard InChI is InChI=1S/C13H8Br2N2O3/c14-11-5-9(6-12(15)13(11)18)16-7-8-1-3-10(4-2-8)17(19)20/h1-7,18H. The fourth-order valence-corrected chi connectivity index (χ4v) is 2.62. The topological polar surface area (TPSA) is 75.7 Å². The van der Waals surface area contributed by atoms with Gasteiger partial charge >= 0.3 is 0 Å². The van der Waals surface area contributed by atoms with Gasteiger partial charge in [-0.1, -0.05) is 0 Å². The van der Waals surface area contributed by atoms with Gasteiger partial charge < -0.3 is 5.11 Å². The Morgan fingerprint density at radius 2 is 1.70 bits per heavy atom. The molecule has 0 atom stereocenters. The third-order valence-corrected chi connectivity index (χ3v) is 3.68. The van der Waals surface area contributed by atoms with Gasteiger partial charge in [0.1, 0.15) is 5.75 Å². The van der Waals surface area contributed by atoms with Gasteiger partial charge in [0.05, 0.1) is 19.6 Å². The lowest BCUT2D eigenvalue weighted by atomic mass is 10.2. The van der Waals surface area contributed by atoms with Gasteiger partial charge in [0.2, 0.25) is 0 Å². The molecule has 2 aromatic rings. The summed E-state index contributed by atoms with van der Waals surface area (Å²) in [6.07, 6.45) is 1.59. The first kappa shape index (κ1) is 14.7. The average Bonchev–Trinajstić information content (AvgIpc) is 2.42. The molecule has 1 N–H and O–H groups in total. The molecule has 7 heteroatoms. The zero-order valence-corrected chi connectivity index (χ0v) is 13.1. The first-order valence-electron chi connectivity index (χ1n) is 5.44. The molecular formula is C13H8Br2N2O3. The first-order valence-corrected chi connectivity index (χ1v) is 7.02. The maximum atomic E-state index is 10.5. The number of nitro benzene ring substituents is 1. The van der Waals surface area contributed by atoms with Gasteiger partial charge in [-0.2, -0.15) is 0 Å². The monoisotopic (exact) mass is 398 g/mol. The Morgan fingerprint density at radius 1 is 1.15 bits per heavy atom. The van der Waals surface area contributed by atoms with E-state index in [1.54, 1.807) is 30.5 Å². The fraction of sp³-hybridized carbons (Fsp3) is 0. The van der Waals surface area contributed by atoms with E-state index in [2.05, 4.69) is 36.9 Å². The summed E-state index contributed by atoms with van der Waals surface area (Å²) in [5.41, 5.74) is 1.42. The summed E-state index contributed by atoms with van der Waals surface area (Å²) in [6.45, 7) is 0. The van der Waals surface area contributed by atoms with Crippen LogP contribution in [0, 0.1) is 10.1 Å². The van der Waals surface area contributed by atoms with Crippen LogP contribution in [-0.4, -0.2) is 16.2 Å². The van der Waals surface area contributed by atoms with Crippen LogP contribution in [0.4, 0.5) is 11.4 Å². The SMILES string of the molecule is O=[N+]([O-])c1ccc(C=Nc2cc(Br)c(O)c(Br)c2)cc1. The second-order valence-electron chi connectivity index (χ2n) is 3.86. The zero-order chi connectivity index (χ0) is 14.7. The van der Waals surface area contributed by atoms with Gasteiger partial charge in [-0.3, -0.25) is 15.1 Å². The summed E-state index contributed by atoms with van der Waals surface area (Å²) >= 11 is 6.44. The Hall–Kier alpha value is -1.73. The van der Waals surface area contributed by atoms with E-state index in [-0.39, 0.29) is 11.4 Å².